The summed E-state index contributed by atoms with van der Waals surface area (Å²) in [6, 6.07) is 20.0. The third-order valence-corrected chi connectivity index (χ3v) is 8.42. The minimum absolute atomic E-state index is 0.0102. The van der Waals surface area contributed by atoms with E-state index in [9.17, 15) is 17.6 Å². The summed E-state index contributed by atoms with van der Waals surface area (Å²) in [7, 11) is -1.96. The number of aryl methyl sites for hydroxylation is 3. The number of carbonyl (C=O) groups excluding carboxylic acids is 1. The Morgan fingerprint density at radius 2 is 1.87 bits per heavy atom. The van der Waals surface area contributed by atoms with Crippen LogP contribution in [0.15, 0.2) is 90.1 Å². The monoisotopic (exact) mass is 532 g/mol. The Bertz CT molecular complexity index is 1540. The molecule has 7 nitrogen and oxygen atoms in total. The number of benzene rings is 3. The second-order valence-electron chi connectivity index (χ2n) is 9.47. The summed E-state index contributed by atoms with van der Waals surface area (Å²) in [5.41, 5.74) is 3.66. The highest BCUT2D eigenvalue weighted by atomic mass is 32.2. The first-order valence-corrected chi connectivity index (χ1v) is 14.0. The van der Waals surface area contributed by atoms with Crippen LogP contribution in [0.5, 0.6) is 0 Å². The minimum Gasteiger partial charge on any atom is -0.337 e. The molecule has 0 fully saturated rings. The molecule has 0 spiro atoms. The number of anilines is 1. The Hall–Kier alpha value is -3.82. The van der Waals surface area contributed by atoms with Crippen LogP contribution in [0.2, 0.25) is 0 Å². The van der Waals surface area contributed by atoms with Gasteiger partial charge in [-0.1, -0.05) is 36.4 Å². The Kier molecular flexibility index (Phi) is 7.40. The molecule has 1 N–H and O–H groups in total. The number of sulfonamides is 1. The molecule has 9 heteroatoms. The fourth-order valence-electron chi connectivity index (χ4n) is 4.79. The summed E-state index contributed by atoms with van der Waals surface area (Å²) in [5, 5.41) is 0. The second-order valence-corrected chi connectivity index (χ2v) is 11.2. The number of hydrogen-bond donors (Lipinski definition) is 1. The van der Waals surface area contributed by atoms with Crippen molar-refractivity contribution in [2.75, 3.05) is 4.90 Å². The molecule has 1 heterocycles. The average molecular weight is 533 g/mol. The summed E-state index contributed by atoms with van der Waals surface area (Å²) in [6.07, 6.45) is 5.79. The van der Waals surface area contributed by atoms with Crippen molar-refractivity contribution >= 4 is 21.6 Å². The fraction of sp³-hybridized carbons (Fsp3) is 0.241. The van der Waals surface area contributed by atoms with Crippen molar-refractivity contribution < 1.29 is 17.6 Å². The van der Waals surface area contributed by atoms with Crippen molar-refractivity contribution in [2.24, 2.45) is 7.05 Å². The summed E-state index contributed by atoms with van der Waals surface area (Å²) < 4.78 is 44.0. The largest absolute Gasteiger partial charge is 0.337 e. The molecule has 38 heavy (non-hydrogen) atoms. The fourth-order valence-corrected chi connectivity index (χ4v) is 6.04. The van der Waals surface area contributed by atoms with Gasteiger partial charge in [0, 0.05) is 37.6 Å². The van der Waals surface area contributed by atoms with Gasteiger partial charge in [0.1, 0.15) is 11.6 Å². The lowest BCUT2D eigenvalue weighted by Crippen LogP contribution is -2.32. The van der Waals surface area contributed by atoms with E-state index in [1.807, 2.05) is 66.3 Å². The number of amides is 1. The van der Waals surface area contributed by atoms with Gasteiger partial charge in [0.15, 0.2) is 0 Å². The van der Waals surface area contributed by atoms with Crippen molar-refractivity contribution in [3.63, 3.8) is 0 Å². The van der Waals surface area contributed by atoms with Gasteiger partial charge in [0.25, 0.3) is 0 Å². The van der Waals surface area contributed by atoms with E-state index >= 15 is 0 Å². The van der Waals surface area contributed by atoms with Gasteiger partial charge in [-0.3, -0.25) is 4.79 Å². The molecule has 3 aromatic carbocycles. The van der Waals surface area contributed by atoms with E-state index in [1.165, 1.54) is 12.1 Å². The molecule has 1 unspecified atom stereocenters. The summed E-state index contributed by atoms with van der Waals surface area (Å²) in [4.78, 5) is 19.7. The quantitative estimate of drug-likeness (QED) is 0.339. The van der Waals surface area contributed by atoms with Gasteiger partial charge < -0.3 is 9.47 Å². The maximum atomic E-state index is 13.5. The molecule has 0 saturated carbocycles. The standard InChI is InChI=1S/C29H29FN4O3S/c1-33-18-17-31-28(33)20-34(29(35)16-7-21-5-3-2-4-6-21)24-12-8-22-9-15-27(26(22)19-24)32-38(36,37)25-13-10-23(30)11-14-25/h2-6,8,10-14,17-19,27,32H,7,9,15-16,20H2,1H3. The van der Waals surface area contributed by atoms with Crippen LogP contribution in [-0.2, 0) is 41.3 Å². The van der Waals surface area contributed by atoms with Crippen LogP contribution in [-0.4, -0.2) is 23.9 Å². The van der Waals surface area contributed by atoms with Gasteiger partial charge in [-0.2, -0.15) is 0 Å². The van der Waals surface area contributed by atoms with Crippen molar-refractivity contribution in [1.29, 1.82) is 0 Å². The van der Waals surface area contributed by atoms with Gasteiger partial charge in [0.2, 0.25) is 15.9 Å². The minimum atomic E-state index is -3.85. The summed E-state index contributed by atoms with van der Waals surface area (Å²) in [5.74, 6) is 0.204. The van der Waals surface area contributed by atoms with Gasteiger partial charge in [-0.25, -0.2) is 22.5 Å². The lowest BCUT2D eigenvalue weighted by atomic mass is 10.1. The highest BCUT2D eigenvalue weighted by molar-refractivity contribution is 7.89. The Morgan fingerprint density at radius 3 is 2.58 bits per heavy atom. The van der Waals surface area contributed by atoms with Crippen molar-refractivity contribution in [2.45, 2.75) is 43.2 Å². The number of rotatable bonds is 9. The van der Waals surface area contributed by atoms with Crippen LogP contribution in [0.4, 0.5) is 10.1 Å². The third kappa shape index (κ3) is 5.69. The molecule has 196 valence electrons. The van der Waals surface area contributed by atoms with Crippen molar-refractivity contribution in [3.8, 4) is 0 Å². The molecular formula is C29H29FN4O3S. The number of fused-ring (bicyclic) bond motifs is 1. The van der Waals surface area contributed by atoms with Gasteiger partial charge in [-0.05, 0) is 72.4 Å². The molecule has 0 aliphatic heterocycles. The summed E-state index contributed by atoms with van der Waals surface area (Å²) in [6.45, 7) is 0.294. The zero-order chi connectivity index (χ0) is 26.7. The Morgan fingerprint density at radius 1 is 1.11 bits per heavy atom. The zero-order valence-electron chi connectivity index (χ0n) is 21.0. The second kappa shape index (κ2) is 10.9. The van der Waals surface area contributed by atoms with Crippen LogP contribution in [0.25, 0.3) is 0 Å². The highest BCUT2D eigenvalue weighted by Gasteiger charge is 2.29. The average Bonchev–Trinajstić information content (AvgIpc) is 3.51. The number of halogens is 1. The molecular weight excluding hydrogens is 503 g/mol. The topological polar surface area (TPSA) is 84.3 Å². The van der Waals surface area contributed by atoms with E-state index in [-0.39, 0.29) is 10.8 Å². The van der Waals surface area contributed by atoms with Gasteiger partial charge >= 0.3 is 0 Å². The molecule has 1 aliphatic rings. The van der Waals surface area contributed by atoms with Crippen molar-refractivity contribution in [1.82, 2.24) is 14.3 Å². The van der Waals surface area contributed by atoms with Gasteiger partial charge in [0.05, 0.1) is 11.4 Å². The first-order valence-electron chi connectivity index (χ1n) is 12.5. The molecule has 0 radical (unpaired) electrons. The lowest BCUT2D eigenvalue weighted by molar-refractivity contribution is -0.118. The number of imidazole rings is 1. The number of nitrogens with zero attached hydrogens (tertiary/aromatic N) is 3. The van der Waals surface area contributed by atoms with E-state index in [4.69, 9.17) is 0 Å². The maximum Gasteiger partial charge on any atom is 0.241 e. The van der Waals surface area contributed by atoms with E-state index in [0.717, 1.165) is 34.6 Å². The van der Waals surface area contributed by atoms with Crippen LogP contribution < -0.4 is 9.62 Å². The van der Waals surface area contributed by atoms with E-state index in [1.54, 1.807) is 11.1 Å². The highest BCUT2D eigenvalue weighted by Crippen LogP contribution is 2.35. The molecule has 4 aromatic rings. The zero-order valence-corrected chi connectivity index (χ0v) is 21.9. The molecule has 5 rings (SSSR count). The number of aromatic nitrogens is 2. The van der Waals surface area contributed by atoms with Crippen LogP contribution in [0.3, 0.4) is 0 Å². The van der Waals surface area contributed by atoms with E-state index < -0.39 is 21.9 Å². The number of hydrogen-bond acceptors (Lipinski definition) is 4. The Labute approximate surface area is 222 Å². The molecule has 1 aliphatic carbocycles. The molecule has 1 aromatic heterocycles. The number of nitrogens with one attached hydrogen (secondary N) is 1. The predicted octanol–water partition coefficient (Wildman–Crippen LogP) is 4.69. The van der Waals surface area contributed by atoms with E-state index in [0.29, 0.717) is 37.9 Å². The van der Waals surface area contributed by atoms with Crippen LogP contribution in [0, 0.1) is 5.82 Å². The first kappa shape index (κ1) is 25.8. The van der Waals surface area contributed by atoms with Crippen LogP contribution in [0.1, 0.15) is 41.4 Å². The smallest absolute Gasteiger partial charge is 0.241 e. The van der Waals surface area contributed by atoms with Gasteiger partial charge in [-0.15, -0.1) is 0 Å². The molecule has 1 amide bonds. The van der Waals surface area contributed by atoms with Crippen molar-refractivity contribution in [3.05, 3.63) is 114 Å². The SMILES string of the molecule is Cn1ccnc1CN(C(=O)CCc1ccccc1)c1ccc2c(c1)C(NS(=O)(=O)c1ccc(F)cc1)CC2. The molecule has 1 atom stereocenters. The number of carbonyl (C=O) groups is 1. The predicted molar refractivity (Wildman–Crippen MR) is 143 cm³/mol. The summed E-state index contributed by atoms with van der Waals surface area (Å²) >= 11 is 0. The lowest BCUT2D eigenvalue weighted by Gasteiger charge is -2.24. The molecule has 0 bridgehead atoms. The van der Waals surface area contributed by atoms with E-state index in [2.05, 4.69) is 9.71 Å². The maximum absolute atomic E-state index is 13.5. The first-order chi connectivity index (χ1) is 18.3. The normalized spacial score (nSPS) is 14.8. The third-order valence-electron chi connectivity index (χ3n) is 6.93. The van der Waals surface area contributed by atoms with Crippen LogP contribution >= 0.6 is 0 Å². The molecule has 0 saturated heterocycles. The Balaban J connectivity index is 1.41.